The molecule has 0 unspecified atom stereocenters. The van der Waals surface area contributed by atoms with Crippen molar-refractivity contribution in [2.24, 2.45) is 0 Å². The molecule has 0 atom stereocenters. The fourth-order valence-corrected chi connectivity index (χ4v) is 4.02. The van der Waals surface area contributed by atoms with Crippen LogP contribution in [0.2, 0.25) is 0 Å². The number of rotatable bonds is 5. The molecule has 1 fully saturated rings. The molecular weight excluding hydrogens is 345 g/mol. The zero-order valence-electron chi connectivity index (χ0n) is 15.5. The van der Waals surface area contributed by atoms with Crippen molar-refractivity contribution in [3.8, 4) is 11.5 Å². The quantitative estimate of drug-likeness (QED) is 0.798. The van der Waals surface area contributed by atoms with Gasteiger partial charge in [0.2, 0.25) is 5.91 Å². The minimum atomic E-state index is -0.532. The summed E-state index contributed by atoms with van der Waals surface area (Å²) in [5.74, 6) is 1.30. The lowest BCUT2D eigenvalue weighted by Crippen LogP contribution is -2.50. The van der Waals surface area contributed by atoms with Crippen LogP contribution in [0, 0.1) is 5.82 Å². The number of carbonyl (C=O) groups is 1. The molecule has 27 heavy (non-hydrogen) atoms. The number of likely N-dealkylation sites (N-methyl/N-ethyl adjacent to an activating group) is 1. The van der Waals surface area contributed by atoms with Gasteiger partial charge in [0.25, 0.3) is 0 Å². The Morgan fingerprint density at radius 1 is 1.11 bits per heavy atom. The van der Waals surface area contributed by atoms with Gasteiger partial charge in [0.15, 0.2) is 11.5 Å². The van der Waals surface area contributed by atoms with Crippen molar-refractivity contribution in [3.63, 3.8) is 0 Å². The number of carbonyl (C=O) groups excluding carboxylic acids is 1. The number of nitrogens with zero attached hydrogens (tertiary/aromatic N) is 1. The summed E-state index contributed by atoms with van der Waals surface area (Å²) in [6.07, 6.45) is 2.62. The molecule has 4 nitrogen and oxygen atoms in total. The van der Waals surface area contributed by atoms with Gasteiger partial charge in [-0.3, -0.25) is 4.79 Å². The molecule has 0 radical (unpaired) electrons. The molecule has 1 aliphatic carbocycles. The first-order chi connectivity index (χ1) is 13.1. The molecule has 1 aliphatic heterocycles. The molecule has 1 amide bonds. The highest BCUT2D eigenvalue weighted by Crippen LogP contribution is 2.46. The Labute approximate surface area is 158 Å². The van der Waals surface area contributed by atoms with E-state index in [1.54, 1.807) is 12.1 Å². The molecular formula is C22H24FNO3. The zero-order valence-corrected chi connectivity index (χ0v) is 15.5. The normalized spacial score (nSPS) is 17.1. The summed E-state index contributed by atoms with van der Waals surface area (Å²) in [5.41, 5.74) is 1.33. The van der Waals surface area contributed by atoms with Crippen LogP contribution in [-0.4, -0.2) is 30.6 Å². The third kappa shape index (κ3) is 3.15. The van der Waals surface area contributed by atoms with Crippen LogP contribution >= 0.6 is 0 Å². The number of amides is 1. The van der Waals surface area contributed by atoms with Gasteiger partial charge in [0, 0.05) is 18.7 Å². The Morgan fingerprint density at radius 2 is 1.85 bits per heavy atom. The molecule has 2 aromatic rings. The highest BCUT2D eigenvalue weighted by atomic mass is 19.1. The van der Waals surface area contributed by atoms with E-state index in [9.17, 15) is 9.18 Å². The van der Waals surface area contributed by atoms with Crippen molar-refractivity contribution in [3.05, 3.63) is 59.4 Å². The van der Waals surface area contributed by atoms with Crippen LogP contribution in [0.15, 0.2) is 42.5 Å². The first-order valence-electron chi connectivity index (χ1n) is 9.57. The highest BCUT2D eigenvalue weighted by Gasteiger charge is 2.47. The van der Waals surface area contributed by atoms with Crippen molar-refractivity contribution >= 4 is 5.91 Å². The van der Waals surface area contributed by atoms with E-state index in [-0.39, 0.29) is 11.7 Å². The Balaban J connectivity index is 1.61. The van der Waals surface area contributed by atoms with Crippen molar-refractivity contribution in [1.29, 1.82) is 0 Å². The van der Waals surface area contributed by atoms with E-state index in [1.807, 2.05) is 30.0 Å². The maximum absolute atomic E-state index is 13.5. The highest BCUT2D eigenvalue weighted by molar-refractivity contribution is 5.89. The Morgan fingerprint density at radius 3 is 2.52 bits per heavy atom. The van der Waals surface area contributed by atoms with Gasteiger partial charge in [-0.25, -0.2) is 4.39 Å². The fraction of sp³-hybridized carbons (Fsp3) is 0.409. The van der Waals surface area contributed by atoms with Gasteiger partial charge in [-0.15, -0.1) is 0 Å². The minimum absolute atomic E-state index is 0.109. The fourth-order valence-electron chi connectivity index (χ4n) is 4.02. The minimum Gasteiger partial charge on any atom is -0.486 e. The average molecular weight is 369 g/mol. The summed E-state index contributed by atoms with van der Waals surface area (Å²) in [7, 11) is 0. The first kappa shape index (κ1) is 17.8. The van der Waals surface area contributed by atoms with Gasteiger partial charge in [0.1, 0.15) is 19.0 Å². The van der Waals surface area contributed by atoms with Crippen LogP contribution in [0.25, 0.3) is 0 Å². The number of fused-ring (bicyclic) bond motifs is 1. The van der Waals surface area contributed by atoms with Crippen LogP contribution in [0.5, 0.6) is 11.5 Å². The lowest BCUT2D eigenvalue weighted by atomic mass is 9.63. The van der Waals surface area contributed by atoms with Gasteiger partial charge < -0.3 is 14.4 Å². The van der Waals surface area contributed by atoms with Gasteiger partial charge in [-0.1, -0.05) is 30.7 Å². The lowest BCUT2D eigenvalue weighted by molar-refractivity contribution is -0.141. The SMILES string of the molecule is CCN(Cc1cccc2c1OCCO2)C(=O)C1(c2ccc(F)cc2)CCC1. The van der Waals surface area contributed by atoms with Gasteiger partial charge in [0.05, 0.1) is 5.41 Å². The average Bonchev–Trinajstić information content (AvgIpc) is 2.66. The molecule has 142 valence electrons. The first-order valence-corrected chi connectivity index (χ1v) is 9.57. The van der Waals surface area contributed by atoms with Crippen LogP contribution in [0.1, 0.15) is 37.3 Å². The van der Waals surface area contributed by atoms with Crippen molar-refractivity contribution in [2.75, 3.05) is 19.8 Å². The van der Waals surface area contributed by atoms with Gasteiger partial charge in [-0.2, -0.15) is 0 Å². The van der Waals surface area contributed by atoms with E-state index in [0.29, 0.717) is 26.3 Å². The maximum atomic E-state index is 13.5. The molecule has 1 heterocycles. The second kappa shape index (κ2) is 7.22. The van der Waals surface area contributed by atoms with Crippen LogP contribution < -0.4 is 9.47 Å². The summed E-state index contributed by atoms with van der Waals surface area (Å²) >= 11 is 0. The molecule has 1 saturated carbocycles. The summed E-state index contributed by atoms with van der Waals surface area (Å²) in [6.45, 7) is 4.13. The molecule has 0 bridgehead atoms. The lowest BCUT2D eigenvalue weighted by Gasteiger charge is -2.44. The predicted molar refractivity (Wildman–Crippen MR) is 100 cm³/mol. The number of hydrogen-bond acceptors (Lipinski definition) is 3. The Kier molecular flexibility index (Phi) is 4.77. The van der Waals surface area contributed by atoms with Crippen LogP contribution in [0.4, 0.5) is 4.39 Å². The van der Waals surface area contributed by atoms with Crippen LogP contribution in [0.3, 0.4) is 0 Å². The van der Waals surface area contributed by atoms with E-state index in [4.69, 9.17) is 9.47 Å². The zero-order chi connectivity index (χ0) is 18.9. The topological polar surface area (TPSA) is 38.8 Å². The molecule has 0 N–H and O–H groups in total. The smallest absolute Gasteiger partial charge is 0.233 e. The number of ether oxygens (including phenoxy) is 2. The third-order valence-corrected chi connectivity index (χ3v) is 5.69. The molecule has 0 saturated heterocycles. The molecule has 0 spiro atoms. The molecule has 0 aromatic heterocycles. The third-order valence-electron chi connectivity index (χ3n) is 5.69. The number of hydrogen-bond donors (Lipinski definition) is 0. The van der Waals surface area contributed by atoms with E-state index in [1.165, 1.54) is 12.1 Å². The summed E-state index contributed by atoms with van der Waals surface area (Å²) in [5, 5.41) is 0. The Hall–Kier alpha value is -2.56. The standard InChI is InChI=1S/C22H24FNO3/c1-2-24(15-16-5-3-6-19-20(16)27-14-13-26-19)21(25)22(11-4-12-22)17-7-9-18(23)10-8-17/h3,5-10H,2,4,11-15H2,1H3. The molecule has 5 heteroatoms. The van der Waals surface area contributed by atoms with E-state index < -0.39 is 5.41 Å². The molecule has 4 rings (SSSR count). The molecule has 2 aromatic carbocycles. The summed E-state index contributed by atoms with van der Waals surface area (Å²) in [6, 6.07) is 12.2. The second-order valence-electron chi connectivity index (χ2n) is 7.20. The number of benzene rings is 2. The summed E-state index contributed by atoms with van der Waals surface area (Å²) < 4.78 is 24.8. The van der Waals surface area contributed by atoms with Gasteiger partial charge in [-0.05, 0) is 43.5 Å². The van der Waals surface area contributed by atoms with E-state index in [0.717, 1.165) is 41.9 Å². The second-order valence-corrected chi connectivity index (χ2v) is 7.20. The number of halogens is 1. The predicted octanol–water partition coefficient (Wildman–Crippen LogP) is 4.07. The summed E-state index contributed by atoms with van der Waals surface area (Å²) in [4.78, 5) is 15.4. The molecule has 2 aliphatic rings. The van der Waals surface area contributed by atoms with Crippen LogP contribution in [-0.2, 0) is 16.8 Å². The Bertz CT molecular complexity index is 830. The largest absolute Gasteiger partial charge is 0.486 e. The van der Waals surface area contributed by atoms with Crippen molar-refractivity contribution in [2.45, 2.75) is 38.1 Å². The van der Waals surface area contributed by atoms with Gasteiger partial charge >= 0.3 is 0 Å². The van der Waals surface area contributed by atoms with Crippen molar-refractivity contribution < 1.29 is 18.7 Å². The monoisotopic (exact) mass is 369 g/mol. The van der Waals surface area contributed by atoms with E-state index >= 15 is 0 Å². The maximum Gasteiger partial charge on any atom is 0.233 e. The van der Waals surface area contributed by atoms with Crippen molar-refractivity contribution in [1.82, 2.24) is 4.90 Å². The van der Waals surface area contributed by atoms with E-state index in [2.05, 4.69) is 0 Å². The number of para-hydroxylation sites is 1.